The molecule has 102 valence electrons. The highest BCUT2D eigenvalue weighted by Crippen LogP contribution is 2.25. The molecule has 1 aliphatic carbocycles. The van der Waals surface area contributed by atoms with Crippen LogP contribution in [0.15, 0.2) is 0 Å². The second kappa shape index (κ2) is 5.69. The lowest BCUT2D eigenvalue weighted by molar-refractivity contribution is -0.142. The molecule has 3 N–H and O–H groups in total. The summed E-state index contributed by atoms with van der Waals surface area (Å²) < 4.78 is 0. The molecular formula is C13H22N2O3. The maximum atomic E-state index is 12.1. The number of hydrogen-bond acceptors (Lipinski definition) is 3. The lowest BCUT2D eigenvalue weighted by atomic mass is 9.85. The highest BCUT2D eigenvalue weighted by Gasteiger charge is 2.32. The summed E-state index contributed by atoms with van der Waals surface area (Å²) in [5.41, 5.74) is 0. The van der Waals surface area contributed by atoms with Crippen LogP contribution in [0.2, 0.25) is 0 Å². The summed E-state index contributed by atoms with van der Waals surface area (Å²) >= 11 is 0. The highest BCUT2D eigenvalue weighted by atomic mass is 16.4. The third-order valence-corrected chi connectivity index (χ3v) is 4.28. The lowest BCUT2D eigenvalue weighted by Crippen LogP contribution is -2.43. The van der Waals surface area contributed by atoms with Crippen LogP contribution in [0.5, 0.6) is 0 Å². The molecule has 2 unspecified atom stereocenters. The minimum atomic E-state index is -0.701. The largest absolute Gasteiger partial charge is 0.481 e. The molecule has 0 aromatic rings. The third kappa shape index (κ3) is 3.02. The van der Waals surface area contributed by atoms with Crippen molar-refractivity contribution in [3.8, 4) is 0 Å². The van der Waals surface area contributed by atoms with Crippen molar-refractivity contribution in [1.29, 1.82) is 0 Å². The van der Waals surface area contributed by atoms with Crippen LogP contribution in [0.4, 0.5) is 0 Å². The van der Waals surface area contributed by atoms with Gasteiger partial charge in [-0.3, -0.25) is 9.59 Å². The van der Waals surface area contributed by atoms with Crippen molar-refractivity contribution in [3.63, 3.8) is 0 Å². The summed E-state index contributed by atoms with van der Waals surface area (Å²) in [5, 5.41) is 15.2. The Morgan fingerprint density at radius 1 is 1.17 bits per heavy atom. The van der Waals surface area contributed by atoms with E-state index >= 15 is 0 Å². The molecule has 0 bridgehead atoms. The number of carbonyl (C=O) groups is 2. The first-order chi connectivity index (χ1) is 8.58. The summed E-state index contributed by atoms with van der Waals surface area (Å²) in [6.45, 7) is 3.76. The Labute approximate surface area is 107 Å². The van der Waals surface area contributed by atoms with E-state index in [0.29, 0.717) is 18.8 Å². The van der Waals surface area contributed by atoms with Crippen molar-refractivity contribution < 1.29 is 14.7 Å². The Morgan fingerprint density at radius 2 is 1.83 bits per heavy atom. The minimum absolute atomic E-state index is 0.0715. The standard InChI is InChI=1S/C13H22N2O3/c1-8-6-14-7-11(8)12(16)15-10-4-2-9(3-5-10)13(17)18/h8-11,14H,2-7H2,1H3,(H,15,16)(H,17,18). The van der Waals surface area contributed by atoms with E-state index in [0.717, 1.165) is 25.9 Å². The highest BCUT2D eigenvalue weighted by molar-refractivity contribution is 5.80. The predicted molar refractivity (Wildman–Crippen MR) is 67.0 cm³/mol. The molecule has 1 aliphatic heterocycles. The second-order valence-corrected chi connectivity index (χ2v) is 5.64. The van der Waals surface area contributed by atoms with Gasteiger partial charge in [0.15, 0.2) is 0 Å². The molecule has 2 fully saturated rings. The fourth-order valence-corrected chi connectivity index (χ4v) is 2.95. The van der Waals surface area contributed by atoms with Crippen molar-refractivity contribution in [2.75, 3.05) is 13.1 Å². The number of amides is 1. The third-order valence-electron chi connectivity index (χ3n) is 4.28. The molecule has 18 heavy (non-hydrogen) atoms. The van der Waals surface area contributed by atoms with Crippen LogP contribution < -0.4 is 10.6 Å². The van der Waals surface area contributed by atoms with E-state index in [1.54, 1.807) is 0 Å². The van der Waals surface area contributed by atoms with Gasteiger partial charge in [0.25, 0.3) is 0 Å². The summed E-state index contributed by atoms with van der Waals surface area (Å²) in [7, 11) is 0. The van der Waals surface area contributed by atoms with Gasteiger partial charge in [-0.2, -0.15) is 0 Å². The summed E-state index contributed by atoms with van der Waals surface area (Å²) in [6, 6.07) is 0.167. The zero-order valence-electron chi connectivity index (χ0n) is 10.8. The van der Waals surface area contributed by atoms with E-state index in [4.69, 9.17) is 5.11 Å². The summed E-state index contributed by atoms with van der Waals surface area (Å²) in [6.07, 6.45) is 2.94. The van der Waals surface area contributed by atoms with Crippen molar-refractivity contribution in [2.24, 2.45) is 17.8 Å². The molecule has 0 spiro atoms. The Morgan fingerprint density at radius 3 is 2.33 bits per heavy atom. The molecular weight excluding hydrogens is 232 g/mol. The topological polar surface area (TPSA) is 78.4 Å². The van der Waals surface area contributed by atoms with Crippen molar-refractivity contribution in [2.45, 2.75) is 38.6 Å². The Balaban J connectivity index is 1.77. The van der Waals surface area contributed by atoms with Gasteiger partial charge in [0.1, 0.15) is 0 Å². The molecule has 0 aromatic heterocycles. The number of aliphatic carboxylic acids is 1. The van der Waals surface area contributed by atoms with Crippen molar-refractivity contribution >= 4 is 11.9 Å². The SMILES string of the molecule is CC1CNCC1C(=O)NC1CCC(C(=O)O)CC1. The molecule has 2 atom stereocenters. The number of carbonyl (C=O) groups excluding carboxylic acids is 1. The number of carboxylic acids is 1. The lowest BCUT2D eigenvalue weighted by Gasteiger charge is -2.28. The van der Waals surface area contributed by atoms with Crippen LogP contribution >= 0.6 is 0 Å². The van der Waals surface area contributed by atoms with Gasteiger partial charge in [0, 0.05) is 12.6 Å². The van der Waals surface area contributed by atoms with Gasteiger partial charge in [0.2, 0.25) is 5.91 Å². The Kier molecular flexibility index (Phi) is 4.22. The molecule has 1 saturated heterocycles. The molecule has 1 saturated carbocycles. The first kappa shape index (κ1) is 13.3. The molecule has 0 aromatic carbocycles. The molecule has 0 radical (unpaired) electrons. The monoisotopic (exact) mass is 254 g/mol. The van der Waals surface area contributed by atoms with E-state index in [1.165, 1.54) is 0 Å². The molecule has 1 amide bonds. The quantitative estimate of drug-likeness (QED) is 0.689. The van der Waals surface area contributed by atoms with Crippen LogP contribution in [0.3, 0.4) is 0 Å². The van der Waals surface area contributed by atoms with Crippen LogP contribution in [0.25, 0.3) is 0 Å². The van der Waals surface area contributed by atoms with E-state index in [2.05, 4.69) is 17.6 Å². The zero-order valence-corrected chi connectivity index (χ0v) is 10.8. The zero-order chi connectivity index (χ0) is 13.1. The van der Waals surface area contributed by atoms with Crippen LogP contribution in [-0.2, 0) is 9.59 Å². The van der Waals surface area contributed by atoms with Crippen molar-refractivity contribution in [3.05, 3.63) is 0 Å². The van der Waals surface area contributed by atoms with E-state index < -0.39 is 5.97 Å². The number of carboxylic acid groups (broad SMARTS) is 1. The number of hydrogen-bond donors (Lipinski definition) is 3. The fourth-order valence-electron chi connectivity index (χ4n) is 2.95. The summed E-state index contributed by atoms with van der Waals surface area (Å²) in [5.74, 6) is -0.326. The smallest absolute Gasteiger partial charge is 0.306 e. The minimum Gasteiger partial charge on any atom is -0.481 e. The fraction of sp³-hybridized carbons (Fsp3) is 0.846. The average Bonchev–Trinajstić information content (AvgIpc) is 2.76. The van der Waals surface area contributed by atoms with Gasteiger partial charge in [-0.1, -0.05) is 6.92 Å². The van der Waals surface area contributed by atoms with Crippen LogP contribution in [0.1, 0.15) is 32.6 Å². The van der Waals surface area contributed by atoms with Gasteiger partial charge in [-0.15, -0.1) is 0 Å². The maximum Gasteiger partial charge on any atom is 0.306 e. The normalized spacial score (nSPS) is 36.3. The predicted octanol–water partition coefficient (Wildman–Crippen LogP) is 0.601. The van der Waals surface area contributed by atoms with Crippen LogP contribution in [-0.4, -0.2) is 36.1 Å². The first-order valence-corrected chi connectivity index (χ1v) is 6.82. The second-order valence-electron chi connectivity index (χ2n) is 5.64. The summed E-state index contributed by atoms with van der Waals surface area (Å²) in [4.78, 5) is 22.9. The van der Waals surface area contributed by atoms with Gasteiger partial charge in [-0.05, 0) is 38.1 Å². The molecule has 2 rings (SSSR count). The molecule has 2 aliphatic rings. The average molecular weight is 254 g/mol. The van der Waals surface area contributed by atoms with Gasteiger partial charge >= 0.3 is 5.97 Å². The van der Waals surface area contributed by atoms with Gasteiger partial charge < -0.3 is 15.7 Å². The van der Waals surface area contributed by atoms with E-state index in [9.17, 15) is 9.59 Å². The van der Waals surface area contributed by atoms with Crippen molar-refractivity contribution in [1.82, 2.24) is 10.6 Å². The Hall–Kier alpha value is -1.10. The molecule has 5 heteroatoms. The maximum absolute atomic E-state index is 12.1. The molecule has 1 heterocycles. The van der Waals surface area contributed by atoms with Crippen LogP contribution in [0, 0.1) is 17.8 Å². The number of nitrogens with one attached hydrogen (secondary N) is 2. The molecule has 5 nitrogen and oxygen atoms in total. The van der Waals surface area contributed by atoms with Gasteiger partial charge in [0.05, 0.1) is 11.8 Å². The Bertz CT molecular complexity index is 324. The van der Waals surface area contributed by atoms with E-state index in [1.807, 2.05) is 0 Å². The first-order valence-electron chi connectivity index (χ1n) is 6.82. The number of rotatable bonds is 3. The van der Waals surface area contributed by atoms with E-state index in [-0.39, 0.29) is 23.8 Å². The van der Waals surface area contributed by atoms with Gasteiger partial charge in [-0.25, -0.2) is 0 Å².